The zero-order valence-electron chi connectivity index (χ0n) is 16.5. The lowest BCUT2D eigenvalue weighted by Crippen LogP contribution is -2.52. The topological polar surface area (TPSA) is 76.2 Å². The van der Waals surface area contributed by atoms with Crippen LogP contribution in [0.25, 0.3) is 0 Å². The van der Waals surface area contributed by atoms with Crippen molar-refractivity contribution in [3.05, 3.63) is 42.5 Å². The number of hydrogen-bond donors (Lipinski definition) is 0. The summed E-state index contributed by atoms with van der Waals surface area (Å²) in [5, 5.41) is 0. The van der Waals surface area contributed by atoms with Gasteiger partial charge in [0, 0.05) is 12.6 Å². The van der Waals surface area contributed by atoms with Crippen LogP contribution in [0.4, 0.5) is 16.2 Å². The van der Waals surface area contributed by atoms with Gasteiger partial charge in [0.05, 0.1) is 25.6 Å². The van der Waals surface area contributed by atoms with Gasteiger partial charge in [-0.2, -0.15) is 4.31 Å². The predicted octanol–water partition coefficient (Wildman–Crippen LogP) is 4.03. The molecule has 0 radical (unpaired) electrons. The number of methoxy groups -OCH3 is 2. The molecule has 1 aliphatic heterocycles. The summed E-state index contributed by atoms with van der Waals surface area (Å²) in [6.07, 6.45) is 4.39. The van der Waals surface area contributed by atoms with Crippen LogP contribution in [0.2, 0.25) is 0 Å². The number of ether oxygens (including phenoxy) is 2. The molecule has 0 aromatic heterocycles. The maximum Gasteiger partial charge on any atom is 0.343 e. The fourth-order valence-electron chi connectivity index (χ4n) is 4.14. The van der Waals surface area contributed by atoms with Crippen LogP contribution < -0.4 is 18.7 Å². The van der Waals surface area contributed by atoms with Crippen molar-refractivity contribution in [3.63, 3.8) is 0 Å². The Balaban J connectivity index is 1.83. The Morgan fingerprint density at radius 2 is 1.69 bits per heavy atom. The van der Waals surface area contributed by atoms with Gasteiger partial charge < -0.3 is 9.47 Å². The van der Waals surface area contributed by atoms with E-state index in [0.717, 1.165) is 30.0 Å². The molecule has 0 bridgehead atoms. The monoisotopic (exact) mass is 416 g/mol. The third-order valence-electron chi connectivity index (χ3n) is 5.60. The average molecular weight is 416 g/mol. The highest BCUT2D eigenvalue weighted by molar-refractivity contribution is 7.94. The molecule has 4 rings (SSSR count). The average Bonchev–Trinajstić information content (AvgIpc) is 3.24. The molecule has 29 heavy (non-hydrogen) atoms. The molecule has 0 atom stereocenters. The summed E-state index contributed by atoms with van der Waals surface area (Å²) in [7, 11) is -1.08. The van der Waals surface area contributed by atoms with Crippen molar-refractivity contribution in [1.82, 2.24) is 0 Å². The Kier molecular flexibility index (Phi) is 5.12. The van der Waals surface area contributed by atoms with Gasteiger partial charge in [0.2, 0.25) is 0 Å². The number of nitrogens with zero attached hydrogens (tertiary/aromatic N) is 2. The summed E-state index contributed by atoms with van der Waals surface area (Å²) in [5.41, 5.74) is 0.666. The summed E-state index contributed by atoms with van der Waals surface area (Å²) < 4.78 is 38.1. The maximum absolute atomic E-state index is 13.4. The van der Waals surface area contributed by atoms with Crippen molar-refractivity contribution in [2.24, 2.45) is 5.92 Å². The smallest absolute Gasteiger partial charge is 0.343 e. The lowest BCUT2D eigenvalue weighted by atomic mass is 10.1. The number of benzene rings is 2. The van der Waals surface area contributed by atoms with Gasteiger partial charge in [0.1, 0.15) is 4.90 Å². The zero-order valence-corrected chi connectivity index (χ0v) is 17.3. The number of hydrogen-bond acceptors (Lipinski definition) is 5. The van der Waals surface area contributed by atoms with Gasteiger partial charge >= 0.3 is 6.03 Å². The van der Waals surface area contributed by atoms with Crippen LogP contribution in [-0.2, 0) is 10.0 Å². The van der Waals surface area contributed by atoms with E-state index in [1.54, 1.807) is 41.3 Å². The number of anilines is 2. The van der Waals surface area contributed by atoms with E-state index in [0.29, 0.717) is 29.6 Å². The van der Waals surface area contributed by atoms with Gasteiger partial charge in [-0.05, 0) is 43.0 Å². The van der Waals surface area contributed by atoms with Crippen molar-refractivity contribution in [1.29, 1.82) is 0 Å². The number of sulfonamides is 1. The number of fused-ring (bicyclic) bond motifs is 1. The molecular formula is C21H24N2O5S. The number of rotatable bonds is 5. The fourth-order valence-corrected chi connectivity index (χ4v) is 5.73. The van der Waals surface area contributed by atoms with E-state index in [4.69, 9.17) is 9.47 Å². The third-order valence-corrected chi connectivity index (χ3v) is 7.34. The van der Waals surface area contributed by atoms with Crippen molar-refractivity contribution >= 4 is 27.4 Å². The molecule has 7 nitrogen and oxygen atoms in total. The Morgan fingerprint density at radius 3 is 2.38 bits per heavy atom. The highest BCUT2D eigenvalue weighted by Gasteiger charge is 2.43. The standard InChI is InChI=1S/C21H24N2O5S/c1-27-18-12-11-16(13-19(18)28-2)23-21(24)22(14-15-7-3-4-8-15)17-9-5-6-10-20(17)29(23,25)26/h5-6,9-13,15H,3-4,7-8,14H2,1-2H3. The normalized spacial score (nSPS) is 18.6. The van der Waals surface area contributed by atoms with E-state index in [1.165, 1.54) is 20.3 Å². The molecule has 154 valence electrons. The summed E-state index contributed by atoms with van der Waals surface area (Å²) in [6.45, 7) is 0.509. The van der Waals surface area contributed by atoms with E-state index in [1.807, 2.05) is 0 Å². The number of amides is 2. The van der Waals surface area contributed by atoms with E-state index >= 15 is 0 Å². The highest BCUT2D eigenvalue weighted by Crippen LogP contribution is 2.41. The van der Waals surface area contributed by atoms with Crippen molar-refractivity contribution in [2.45, 2.75) is 30.6 Å². The summed E-state index contributed by atoms with van der Waals surface area (Å²) in [5.74, 6) is 1.19. The molecule has 1 fully saturated rings. The van der Waals surface area contributed by atoms with Crippen LogP contribution in [0.1, 0.15) is 25.7 Å². The number of para-hydroxylation sites is 1. The Bertz CT molecular complexity index is 1030. The highest BCUT2D eigenvalue weighted by atomic mass is 32.2. The van der Waals surface area contributed by atoms with Crippen LogP contribution in [0.15, 0.2) is 47.4 Å². The predicted molar refractivity (Wildman–Crippen MR) is 110 cm³/mol. The van der Waals surface area contributed by atoms with E-state index in [2.05, 4.69) is 0 Å². The molecule has 0 N–H and O–H groups in total. The first kappa shape index (κ1) is 19.6. The van der Waals surface area contributed by atoms with Gasteiger partial charge in [-0.15, -0.1) is 0 Å². The maximum atomic E-state index is 13.4. The summed E-state index contributed by atoms with van der Waals surface area (Å²) in [6, 6.07) is 10.8. The van der Waals surface area contributed by atoms with Crippen LogP contribution in [0, 0.1) is 5.92 Å². The molecule has 2 aromatic carbocycles. The molecule has 1 saturated carbocycles. The van der Waals surface area contributed by atoms with E-state index < -0.39 is 16.1 Å². The minimum absolute atomic E-state index is 0.132. The quantitative estimate of drug-likeness (QED) is 0.736. The molecule has 2 aliphatic rings. The summed E-state index contributed by atoms with van der Waals surface area (Å²) in [4.78, 5) is 15.2. The minimum Gasteiger partial charge on any atom is -0.493 e. The van der Waals surface area contributed by atoms with Crippen LogP contribution in [0.3, 0.4) is 0 Å². The Hall–Kier alpha value is -2.74. The molecule has 0 unspecified atom stereocenters. The first-order valence-corrected chi connectivity index (χ1v) is 11.1. The molecule has 0 spiro atoms. The van der Waals surface area contributed by atoms with Gasteiger partial charge in [0.25, 0.3) is 10.0 Å². The Labute approximate surface area is 170 Å². The van der Waals surface area contributed by atoms with Crippen LogP contribution >= 0.6 is 0 Å². The molecule has 0 saturated heterocycles. The van der Waals surface area contributed by atoms with Crippen LogP contribution in [0.5, 0.6) is 11.5 Å². The second kappa shape index (κ2) is 7.59. The fraction of sp³-hybridized carbons (Fsp3) is 0.381. The lowest BCUT2D eigenvalue weighted by Gasteiger charge is -2.37. The molecule has 2 aromatic rings. The second-order valence-corrected chi connectivity index (χ2v) is 9.08. The van der Waals surface area contributed by atoms with Gasteiger partial charge in [-0.1, -0.05) is 25.0 Å². The minimum atomic E-state index is -4.05. The van der Waals surface area contributed by atoms with Gasteiger partial charge in [-0.25, -0.2) is 13.2 Å². The van der Waals surface area contributed by atoms with E-state index in [-0.39, 0.29) is 10.6 Å². The number of urea groups is 1. The molecule has 2 amide bonds. The van der Waals surface area contributed by atoms with Crippen molar-refractivity contribution < 1.29 is 22.7 Å². The molecule has 1 aliphatic carbocycles. The Morgan fingerprint density at radius 1 is 1.00 bits per heavy atom. The van der Waals surface area contributed by atoms with Gasteiger partial charge in [-0.3, -0.25) is 4.90 Å². The van der Waals surface area contributed by atoms with Crippen LogP contribution in [-0.4, -0.2) is 35.2 Å². The third kappa shape index (κ3) is 3.31. The first-order chi connectivity index (χ1) is 14.0. The largest absolute Gasteiger partial charge is 0.493 e. The number of carbonyl (C=O) groups excluding carboxylic acids is 1. The van der Waals surface area contributed by atoms with Crippen molar-refractivity contribution in [3.8, 4) is 11.5 Å². The molecule has 8 heteroatoms. The number of carbonyl (C=O) groups is 1. The SMILES string of the molecule is COc1ccc(N2C(=O)N(CC3CCCC3)c3ccccc3S2(=O)=O)cc1OC. The lowest BCUT2D eigenvalue weighted by molar-refractivity contribution is 0.252. The molecular weight excluding hydrogens is 392 g/mol. The van der Waals surface area contributed by atoms with Gasteiger partial charge in [0.15, 0.2) is 11.5 Å². The van der Waals surface area contributed by atoms with Crippen molar-refractivity contribution in [2.75, 3.05) is 30.0 Å². The first-order valence-electron chi connectivity index (χ1n) is 9.65. The molecule has 1 heterocycles. The van der Waals surface area contributed by atoms with E-state index in [9.17, 15) is 13.2 Å². The second-order valence-electron chi connectivity index (χ2n) is 7.32. The zero-order chi connectivity index (χ0) is 20.6. The summed E-state index contributed by atoms with van der Waals surface area (Å²) >= 11 is 0.